The third-order valence-electron chi connectivity index (χ3n) is 7.12. The smallest absolute Gasteiger partial charge is 0.267 e. The number of nitrogens with one attached hydrogen (secondary N) is 2. The molecule has 2 saturated heterocycles. The van der Waals surface area contributed by atoms with Crippen molar-refractivity contribution >= 4 is 113 Å². The molecule has 10 nitrogen and oxygen atoms in total. The number of anilines is 2. The van der Waals surface area contributed by atoms with Crippen molar-refractivity contribution in [3.05, 3.63) is 81.2 Å². The number of thioether (sulfide) groups is 2. The molecule has 0 bridgehead atoms. The number of rotatable bonds is 12. The molecule has 0 atom stereocenters. The second-order valence-electron chi connectivity index (χ2n) is 10.4. The van der Waals surface area contributed by atoms with Crippen LogP contribution in [0.5, 0.6) is 0 Å². The highest BCUT2D eigenvalue weighted by molar-refractivity contribution is 8.29. The highest BCUT2D eigenvalue weighted by Gasteiger charge is 2.41. The van der Waals surface area contributed by atoms with Crippen molar-refractivity contribution in [3.63, 3.8) is 0 Å². The van der Waals surface area contributed by atoms with Gasteiger partial charge in [-0.05, 0) is 12.8 Å². The molecule has 6 rings (SSSR count). The lowest BCUT2D eigenvalue weighted by Gasteiger charge is -2.14. The highest BCUT2D eigenvalue weighted by atomic mass is 32.2. The molecule has 48 heavy (non-hydrogen) atoms. The van der Waals surface area contributed by atoms with Gasteiger partial charge in [-0.25, -0.2) is 9.97 Å². The van der Waals surface area contributed by atoms with Crippen LogP contribution in [0.4, 0.5) is 10.3 Å². The van der Waals surface area contributed by atoms with E-state index in [1.54, 1.807) is 0 Å². The van der Waals surface area contributed by atoms with E-state index in [4.69, 9.17) is 24.4 Å². The van der Waals surface area contributed by atoms with Crippen LogP contribution in [-0.4, -0.2) is 65.1 Å². The lowest BCUT2D eigenvalue weighted by molar-refractivity contribution is -0.124. The molecule has 2 aromatic carbocycles. The van der Waals surface area contributed by atoms with Crippen molar-refractivity contribution in [1.29, 1.82) is 0 Å². The van der Waals surface area contributed by atoms with E-state index in [1.807, 2.05) is 71.4 Å². The van der Waals surface area contributed by atoms with Crippen LogP contribution in [0.15, 0.2) is 81.2 Å². The number of amides is 4. The summed E-state index contributed by atoms with van der Waals surface area (Å²) in [6.07, 6.45) is 1.08. The van der Waals surface area contributed by atoms with Gasteiger partial charge < -0.3 is 10.6 Å². The fraction of sp³-hybridized carbons (Fsp3) is 0.188. The molecule has 0 spiro atoms. The molecule has 16 heteroatoms. The summed E-state index contributed by atoms with van der Waals surface area (Å²) in [5.41, 5.74) is 3.50. The van der Waals surface area contributed by atoms with Gasteiger partial charge in [-0.15, -0.1) is 22.7 Å². The maximum absolute atomic E-state index is 13.3. The third kappa shape index (κ3) is 8.07. The molecular formula is C32H26N6O4S6. The number of hydrogen-bond acceptors (Lipinski definition) is 12. The minimum atomic E-state index is -0.379. The van der Waals surface area contributed by atoms with E-state index in [9.17, 15) is 19.2 Å². The van der Waals surface area contributed by atoms with Crippen LogP contribution in [0.25, 0.3) is 22.5 Å². The van der Waals surface area contributed by atoms with Gasteiger partial charge in [0.15, 0.2) is 10.3 Å². The number of nitrogens with zero attached hydrogens (tertiary/aromatic N) is 4. The second-order valence-corrected chi connectivity index (χ2v) is 15.4. The molecule has 2 N–H and O–H groups in total. The molecular weight excluding hydrogens is 725 g/mol. The molecule has 0 aliphatic carbocycles. The number of carbonyl (C=O) groups is 4. The molecule has 0 saturated carbocycles. The van der Waals surface area contributed by atoms with E-state index >= 15 is 0 Å². The summed E-state index contributed by atoms with van der Waals surface area (Å²) < 4.78 is 0.643. The van der Waals surface area contributed by atoms with Crippen LogP contribution in [0.1, 0.15) is 25.7 Å². The lowest BCUT2D eigenvalue weighted by atomic mass is 10.2. The summed E-state index contributed by atoms with van der Waals surface area (Å²) in [4.78, 5) is 64.0. The summed E-state index contributed by atoms with van der Waals surface area (Å²) >= 11 is 15.7. The maximum Gasteiger partial charge on any atom is 0.267 e. The Labute approximate surface area is 303 Å². The van der Waals surface area contributed by atoms with Crippen molar-refractivity contribution in [1.82, 2.24) is 19.8 Å². The van der Waals surface area contributed by atoms with E-state index in [2.05, 4.69) is 20.6 Å². The number of thiazole rings is 2. The molecule has 4 aromatic rings. The Morgan fingerprint density at radius 2 is 1.04 bits per heavy atom. The summed E-state index contributed by atoms with van der Waals surface area (Å²) in [6.45, 7) is 0.464. The Morgan fingerprint density at radius 1 is 0.646 bits per heavy atom. The maximum atomic E-state index is 13.3. The predicted molar refractivity (Wildman–Crippen MR) is 202 cm³/mol. The first-order chi connectivity index (χ1) is 23.3. The number of hydrogen-bond donors (Lipinski definition) is 2. The Morgan fingerprint density at radius 3 is 1.44 bits per heavy atom. The average molecular weight is 751 g/mol. The van der Waals surface area contributed by atoms with Gasteiger partial charge in [0.25, 0.3) is 11.8 Å². The van der Waals surface area contributed by atoms with Crippen molar-refractivity contribution in [2.75, 3.05) is 23.7 Å². The minimum absolute atomic E-state index is 0.166. The Bertz CT molecular complexity index is 1790. The Hall–Kier alpha value is -3.80. The minimum Gasteiger partial charge on any atom is -0.302 e. The topological polar surface area (TPSA) is 125 Å². The SMILES string of the molecule is O=C(CCCN1C(=O)/C(=C2\SC(=S)N(CCCC(=O)Nc3nc(-c4ccccc4)cs3)C2=O)SC1=S)Nc1nc(-c2ccccc2)cs1. The van der Waals surface area contributed by atoms with Crippen molar-refractivity contribution < 1.29 is 19.2 Å². The monoisotopic (exact) mass is 750 g/mol. The van der Waals surface area contributed by atoms with E-state index in [1.165, 1.54) is 32.5 Å². The highest BCUT2D eigenvalue weighted by Crippen LogP contribution is 2.42. The molecule has 0 radical (unpaired) electrons. The van der Waals surface area contributed by atoms with Gasteiger partial charge in [0, 0.05) is 47.8 Å². The van der Waals surface area contributed by atoms with Crippen LogP contribution < -0.4 is 10.6 Å². The van der Waals surface area contributed by atoms with Crippen LogP contribution >= 0.6 is 70.6 Å². The molecule has 4 amide bonds. The summed E-state index contributed by atoms with van der Waals surface area (Å²) in [5, 5.41) is 10.4. The van der Waals surface area contributed by atoms with Gasteiger partial charge in [0.2, 0.25) is 11.8 Å². The van der Waals surface area contributed by atoms with Crippen LogP contribution in [0.3, 0.4) is 0 Å². The average Bonchev–Trinajstić information content (AvgIpc) is 3.87. The standard InChI is InChI=1S/C32H26N6O4S6/c39-23(35-29-33-21(17-45-29)19-9-3-1-4-10-19)13-7-15-37-27(41)25(47-31(37)43)26-28(42)38(32(44)48-26)16-8-14-24(40)36-30-34-22(18-46-30)20-11-5-2-6-12-20/h1-6,9-12,17-18H,7-8,13-16H2,(H,33,35,39)(H,34,36,40)/b26-25+. The fourth-order valence-electron chi connectivity index (χ4n) is 4.76. The summed E-state index contributed by atoms with van der Waals surface area (Å²) in [7, 11) is 0. The van der Waals surface area contributed by atoms with Crippen LogP contribution in [0.2, 0.25) is 0 Å². The predicted octanol–water partition coefficient (Wildman–Crippen LogP) is 7.00. The first kappa shape index (κ1) is 34.1. The molecule has 2 fully saturated rings. The van der Waals surface area contributed by atoms with Crippen LogP contribution in [-0.2, 0) is 19.2 Å². The van der Waals surface area contributed by atoms with E-state index in [-0.39, 0.29) is 59.4 Å². The molecule has 2 aliphatic rings. The summed E-state index contributed by atoms with van der Waals surface area (Å²) in [6, 6.07) is 19.4. The Kier molecular flexibility index (Phi) is 11.1. The number of aromatic nitrogens is 2. The zero-order valence-corrected chi connectivity index (χ0v) is 29.9. The van der Waals surface area contributed by atoms with Gasteiger partial charge >= 0.3 is 0 Å². The first-order valence-electron chi connectivity index (χ1n) is 14.7. The third-order valence-corrected chi connectivity index (χ3v) is 11.7. The van der Waals surface area contributed by atoms with E-state index < -0.39 is 0 Å². The zero-order valence-electron chi connectivity index (χ0n) is 25.0. The van der Waals surface area contributed by atoms with Gasteiger partial charge in [-0.2, -0.15) is 0 Å². The quantitative estimate of drug-likeness (QED) is 0.116. The van der Waals surface area contributed by atoms with Crippen molar-refractivity contribution in [2.24, 2.45) is 0 Å². The van der Waals surface area contributed by atoms with Crippen molar-refractivity contribution in [3.8, 4) is 22.5 Å². The van der Waals surface area contributed by atoms with E-state index in [0.717, 1.165) is 46.0 Å². The lowest BCUT2D eigenvalue weighted by Crippen LogP contribution is -2.31. The number of benzene rings is 2. The molecule has 244 valence electrons. The normalized spacial score (nSPS) is 16.2. The fourth-order valence-corrected chi connectivity index (χ4v) is 9.00. The molecule has 4 heterocycles. The zero-order chi connectivity index (χ0) is 33.6. The first-order valence-corrected chi connectivity index (χ1v) is 18.9. The second kappa shape index (κ2) is 15.6. The van der Waals surface area contributed by atoms with Crippen molar-refractivity contribution in [2.45, 2.75) is 25.7 Å². The van der Waals surface area contributed by atoms with Gasteiger partial charge in [0.05, 0.1) is 21.2 Å². The molecule has 2 aliphatic heterocycles. The van der Waals surface area contributed by atoms with E-state index in [0.29, 0.717) is 31.7 Å². The molecule has 0 unspecified atom stereocenters. The number of thiocarbonyl (C=S) groups is 2. The van der Waals surface area contributed by atoms with Gasteiger partial charge in [-0.3, -0.25) is 29.0 Å². The number of carbonyl (C=O) groups excluding carboxylic acids is 4. The van der Waals surface area contributed by atoms with Gasteiger partial charge in [0.1, 0.15) is 8.64 Å². The van der Waals surface area contributed by atoms with Gasteiger partial charge in [-0.1, -0.05) is 109 Å². The molecule has 2 aromatic heterocycles. The van der Waals surface area contributed by atoms with Crippen LogP contribution in [0, 0.1) is 0 Å². The summed E-state index contributed by atoms with van der Waals surface area (Å²) in [5.74, 6) is -1.19. The largest absolute Gasteiger partial charge is 0.302 e. The Balaban J connectivity index is 0.962.